The maximum Gasteiger partial charge on any atom is 0.293 e. The molecule has 1 N–H and O–H groups in total. The number of nitro benzene ring substituents is 1. The first-order valence-corrected chi connectivity index (χ1v) is 7.31. The van der Waals surface area contributed by atoms with Crippen LogP contribution in [0.2, 0.25) is 0 Å². The SMILES string of the molecule is O=C(c1cc2ccccc2[nH]1)N1CCc2cccc([N+](=O)[O-])c21. The summed E-state index contributed by atoms with van der Waals surface area (Å²) in [5.74, 6) is -0.241. The van der Waals surface area contributed by atoms with Gasteiger partial charge in [0.15, 0.2) is 0 Å². The molecular weight excluding hydrogens is 294 g/mol. The van der Waals surface area contributed by atoms with Gasteiger partial charge in [0.05, 0.1) is 4.92 Å². The minimum absolute atomic E-state index is 0.0236. The molecule has 0 saturated carbocycles. The Morgan fingerprint density at radius 2 is 2.00 bits per heavy atom. The summed E-state index contributed by atoms with van der Waals surface area (Å²) in [6.45, 7) is 0.453. The summed E-state index contributed by atoms with van der Waals surface area (Å²) >= 11 is 0. The second-order valence-electron chi connectivity index (χ2n) is 5.52. The van der Waals surface area contributed by atoms with Gasteiger partial charge in [0.25, 0.3) is 11.6 Å². The lowest BCUT2D eigenvalue weighted by atomic mass is 10.1. The Balaban J connectivity index is 1.78. The molecule has 2 heterocycles. The quantitative estimate of drug-likeness (QED) is 0.583. The molecule has 0 unspecified atom stereocenters. The Morgan fingerprint density at radius 1 is 1.17 bits per heavy atom. The lowest BCUT2D eigenvalue weighted by Crippen LogP contribution is -2.29. The average molecular weight is 307 g/mol. The van der Waals surface area contributed by atoms with Crippen molar-refractivity contribution in [2.24, 2.45) is 0 Å². The number of amides is 1. The maximum absolute atomic E-state index is 12.8. The maximum atomic E-state index is 12.8. The number of H-pyrrole nitrogens is 1. The summed E-state index contributed by atoms with van der Waals surface area (Å²) in [5.41, 5.74) is 2.55. The number of aromatic nitrogens is 1. The standard InChI is InChI=1S/C17H13N3O3/c21-17(14-10-12-4-1-2-6-13(12)18-14)19-9-8-11-5-3-7-15(16(11)19)20(22)23/h1-7,10,18H,8-9H2. The Morgan fingerprint density at radius 3 is 2.78 bits per heavy atom. The third-order valence-electron chi connectivity index (χ3n) is 4.18. The summed E-state index contributed by atoms with van der Waals surface area (Å²) in [5, 5.41) is 12.2. The van der Waals surface area contributed by atoms with Gasteiger partial charge in [-0.3, -0.25) is 14.9 Å². The zero-order valence-electron chi connectivity index (χ0n) is 12.2. The van der Waals surface area contributed by atoms with Crippen LogP contribution >= 0.6 is 0 Å². The van der Waals surface area contributed by atoms with E-state index in [2.05, 4.69) is 4.98 Å². The van der Waals surface area contributed by atoms with E-state index in [1.54, 1.807) is 12.1 Å². The van der Waals surface area contributed by atoms with E-state index in [1.807, 2.05) is 30.3 Å². The molecule has 1 aromatic heterocycles. The third-order valence-corrected chi connectivity index (χ3v) is 4.18. The van der Waals surface area contributed by atoms with E-state index >= 15 is 0 Å². The number of carbonyl (C=O) groups is 1. The van der Waals surface area contributed by atoms with E-state index in [1.165, 1.54) is 11.0 Å². The van der Waals surface area contributed by atoms with Crippen molar-refractivity contribution in [2.75, 3.05) is 11.4 Å². The van der Waals surface area contributed by atoms with Gasteiger partial charge < -0.3 is 9.88 Å². The van der Waals surface area contributed by atoms with E-state index in [0.717, 1.165) is 16.5 Å². The zero-order valence-corrected chi connectivity index (χ0v) is 12.2. The molecule has 0 bridgehead atoms. The molecule has 2 aromatic carbocycles. The predicted octanol–water partition coefficient (Wildman–Crippen LogP) is 3.28. The Kier molecular flexibility index (Phi) is 2.90. The van der Waals surface area contributed by atoms with Gasteiger partial charge in [0.1, 0.15) is 11.4 Å². The number of nitro groups is 1. The smallest absolute Gasteiger partial charge is 0.293 e. The summed E-state index contributed by atoms with van der Waals surface area (Å²) in [4.78, 5) is 28.2. The molecule has 0 aliphatic carbocycles. The van der Waals surface area contributed by atoms with Gasteiger partial charge in [-0.05, 0) is 24.1 Å². The Bertz CT molecular complexity index is 912. The first-order chi connectivity index (χ1) is 11.1. The summed E-state index contributed by atoms with van der Waals surface area (Å²) in [6.07, 6.45) is 0.628. The molecule has 0 saturated heterocycles. The largest absolute Gasteiger partial charge is 0.351 e. The van der Waals surface area contributed by atoms with Gasteiger partial charge in [-0.1, -0.05) is 30.3 Å². The van der Waals surface area contributed by atoms with Crippen molar-refractivity contribution < 1.29 is 9.72 Å². The first-order valence-electron chi connectivity index (χ1n) is 7.31. The molecule has 3 aromatic rings. The first kappa shape index (κ1) is 13.5. The lowest BCUT2D eigenvalue weighted by molar-refractivity contribution is -0.384. The fourth-order valence-corrected chi connectivity index (χ4v) is 3.12. The highest BCUT2D eigenvalue weighted by atomic mass is 16.6. The highest BCUT2D eigenvalue weighted by molar-refractivity contribution is 6.09. The second-order valence-corrected chi connectivity index (χ2v) is 5.52. The van der Waals surface area contributed by atoms with Crippen LogP contribution in [0.15, 0.2) is 48.5 Å². The number of fused-ring (bicyclic) bond motifs is 2. The van der Waals surface area contributed by atoms with Gasteiger partial charge in [0, 0.05) is 23.5 Å². The minimum Gasteiger partial charge on any atom is -0.351 e. The summed E-state index contributed by atoms with van der Waals surface area (Å²) in [7, 11) is 0. The molecule has 4 rings (SSSR count). The molecule has 6 heteroatoms. The van der Waals surface area contributed by atoms with Crippen molar-refractivity contribution in [3.05, 3.63) is 69.9 Å². The van der Waals surface area contributed by atoms with Crippen molar-refractivity contribution in [3.63, 3.8) is 0 Å². The number of carbonyl (C=O) groups excluding carboxylic acids is 1. The van der Waals surface area contributed by atoms with Crippen molar-refractivity contribution in [3.8, 4) is 0 Å². The van der Waals surface area contributed by atoms with Gasteiger partial charge in [-0.2, -0.15) is 0 Å². The van der Waals surface area contributed by atoms with Crippen LogP contribution in [0.1, 0.15) is 16.1 Å². The number of para-hydroxylation sites is 2. The van der Waals surface area contributed by atoms with E-state index < -0.39 is 4.92 Å². The number of benzene rings is 2. The molecule has 114 valence electrons. The fourth-order valence-electron chi connectivity index (χ4n) is 3.12. The summed E-state index contributed by atoms with van der Waals surface area (Å²) < 4.78 is 0. The van der Waals surface area contributed by atoms with Crippen molar-refractivity contribution >= 4 is 28.2 Å². The molecule has 1 aliphatic rings. The second kappa shape index (κ2) is 4.95. The van der Waals surface area contributed by atoms with Crippen LogP contribution < -0.4 is 4.90 Å². The number of anilines is 1. The molecule has 0 fully saturated rings. The number of nitrogens with zero attached hydrogens (tertiary/aromatic N) is 2. The van der Waals surface area contributed by atoms with Crippen molar-refractivity contribution in [1.29, 1.82) is 0 Å². The Labute approximate surface area is 131 Å². The molecular formula is C17H13N3O3. The van der Waals surface area contributed by atoms with E-state index in [0.29, 0.717) is 24.3 Å². The van der Waals surface area contributed by atoms with Crippen molar-refractivity contribution in [2.45, 2.75) is 6.42 Å². The molecule has 1 aliphatic heterocycles. The van der Waals surface area contributed by atoms with Crippen LogP contribution in [0.25, 0.3) is 10.9 Å². The highest BCUT2D eigenvalue weighted by Gasteiger charge is 2.33. The third kappa shape index (κ3) is 2.07. The van der Waals surface area contributed by atoms with Crippen molar-refractivity contribution in [1.82, 2.24) is 4.98 Å². The molecule has 6 nitrogen and oxygen atoms in total. The normalized spacial score (nSPS) is 13.3. The minimum atomic E-state index is -0.435. The molecule has 0 atom stereocenters. The van der Waals surface area contributed by atoms with Gasteiger partial charge in [-0.25, -0.2) is 0 Å². The van der Waals surface area contributed by atoms with Crippen LogP contribution in [0.5, 0.6) is 0 Å². The monoisotopic (exact) mass is 307 g/mol. The van der Waals surface area contributed by atoms with E-state index in [9.17, 15) is 14.9 Å². The average Bonchev–Trinajstić information content (AvgIpc) is 3.17. The number of hydrogen-bond donors (Lipinski definition) is 1. The van der Waals surface area contributed by atoms with E-state index in [-0.39, 0.29) is 11.6 Å². The van der Waals surface area contributed by atoms with Crippen LogP contribution in [0, 0.1) is 10.1 Å². The number of nitrogens with one attached hydrogen (secondary N) is 1. The van der Waals surface area contributed by atoms with Crippen LogP contribution in [0.3, 0.4) is 0 Å². The zero-order chi connectivity index (χ0) is 16.0. The molecule has 0 radical (unpaired) electrons. The van der Waals surface area contributed by atoms with E-state index in [4.69, 9.17) is 0 Å². The van der Waals surface area contributed by atoms with Crippen LogP contribution in [-0.4, -0.2) is 22.4 Å². The number of hydrogen-bond acceptors (Lipinski definition) is 3. The van der Waals surface area contributed by atoms with Gasteiger partial charge >= 0.3 is 0 Å². The predicted molar refractivity (Wildman–Crippen MR) is 86.8 cm³/mol. The molecule has 23 heavy (non-hydrogen) atoms. The topological polar surface area (TPSA) is 79.2 Å². The van der Waals surface area contributed by atoms with Gasteiger partial charge in [0.2, 0.25) is 0 Å². The number of rotatable bonds is 2. The van der Waals surface area contributed by atoms with Crippen LogP contribution in [-0.2, 0) is 6.42 Å². The lowest BCUT2D eigenvalue weighted by Gasteiger charge is -2.16. The highest BCUT2D eigenvalue weighted by Crippen LogP contribution is 2.37. The van der Waals surface area contributed by atoms with Gasteiger partial charge in [-0.15, -0.1) is 0 Å². The van der Waals surface area contributed by atoms with Crippen LogP contribution in [0.4, 0.5) is 11.4 Å². The molecule has 0 spiro atoms. The number of aromatic amines is 1. The Hall–Kier alpha value is -3.15. The fraction of sp³-hybridized carbons (Fsp3) is 0.118. The molecule has 1 amide bonds. The summed E-state index contributed by atoms with van der Waals surface area (Å²) in [6, 6.07) is 14.3.